The number of aromatic nitrogens is 2. The van der Waals surface area contributed by atoms with E-state index in [9.17, 15) is 0 Å². The number of hydrogen-bond acceptors (Lipinski definition) is 3. The number of aliphatic hydroxyl groups excluding tert-OH is 1. The molecule has 4 heteroatoms. The lowest BCUT2D eigenvalue weighted by Gasteiger charge is -2.06. The predicted octanol–water partition coefficient (Wildman–Crippen LogP) is 2.39. The monoisotopic (exact) mass is 281 g/mol. The smallest absolute Gasteiger partial charge is 0.0695 e. The van der Waals surface area contributed by atoms with Crippen LogP contribution in [0.4, 0.5) is 0 Å². The van der Waals surface area contributed by atoms with E-state index < -0.39 is 0 Å². The zero-order valence-electron chi connectivity index (χ0n) is 11.8. The second-order valence-electron chi connectivity index (χ2n) is 5.15. The Morgan fingerprint density at radius 2 is 1.86 bits per heavy atom. The fourth-order valence-corrected chi connectivity index (χ4v) is 2.44. The molecule has 1 heterocycles. The van der Waals surface area contributed by atoms with E-state index in [2.05, 4.69) is 45.8 Å². The van der Waals surface area contributed by atoms with Crippen LogP contribution < -0.4 is 5.32 Å². The highest BCUT2D eigenvalue weighted by molar-refractivity contribution is 5.81. The molecule has 108 valence electrons. The lowest BCUT2D eigenvalue weighted by molar-refractivity contribution is 0.282. The van der Waals surface area contributed by atoms with E-state index in [1.54, 1.807) is 0 Å². The van der Waals surface area contributed by atoms with Crippen molar-refractivity contribution in [1.82, 2.24) is 15.5 Å². The average Bonchev–Trinajstić information content (AvgIpc) is 3.01. The Kier molecular flexibility index (Phi) is 4.28. The summed E-state index contributed by atoms with van der Waals surface area (Å²) in [6, 6.07) is 14.3. The second-order valence-corrected chi connectivity index (χ2v) is 5.15. The van der Waals surface area contributed by atoms with Crippen LogP contribution >= 0.6 is 0 Å². The van der Waals surface area contributed by atoms with Gasteiger partial charge in [-0.3, -0.25) is 5.10 Å². The first-order valence-electron chi connectivity index (χ1n) is 7.17. The van der Waals surface area contributed by atoms with Gasteiger partial charge in [0, 0.05) is 11.9 Å². The van der Waals surface area contributed by atoms with Gasteiger partial charge in [-0.05, 0) is 29.7 Å². The van der Waals surface area contributed by atoms with Crippen LogP contribution in [0.5, 0.6) is 0 Å². The molecule has 0 fully saturated rings. The summed E-state index contributed by atoms with van der Waals surface area (Å²) in [4.78, 5) is 0. The molecule has 1 aromatic heterocycles. The van der Waals surface area contributed by atoms with Crippen LogP contribution in [0.25, 0.3) is 10.9 Å². The molecule has 0 saturated heterocycles. The maximum Gasteiger partial charge on any atom is 0.0695 e. The van der Waals surface area contributed by atoms with E-state index in [0.29, 0.717) is 0 Å². The molecule has 4 nitrogen and oxygen atoms in total. The number of H-pyrrole nitrogens is 1. The predicted molar refractivity (Wildman–Crippen MR) is 83.9 cm³/mol. The molecule has 3 rings (SSSR count). The quantitative estimate of drug-likeness (QED) is 0.608. The summed E-state index contributed by atoms with van der Waals surface area (Å²) in [7, 11) is 0. The first-order valence-corrected chi connectivity index (χ1v) is 7.17. The lowest BCUT2D eigenvalue weighted by atomic mass is 10.1. The van der Waals surface area contributed by atoms with E-state index in [-0.39, 0.29) is 6.61 Å². The van der Waals surface area contributed by atoms with Gasteiger partial charge in [0.25, 0.3) is 0 Å². The summed E-state index contributed by atoms with van der Waals surface area (Å²) >= 11 is 0. The number of fused-ring (bicyclic) bond motifs is 1. The Labute approximate surface area is 123 Å². The first kappa shape index (κ1) is 13.8. The first-order chi connectivity index (χ1) is 10.4. The molecule has 0 spiro atoms. The Morgan fingerprint density at radius 3 is 2.67 bits per heavy atom. The molecule has 0 aliphatic carbocycles. The number of aromatic amines is 1. The highest BCUT2D eigenvalue weighted by Crippen LogP contribution is 2.15. The minimum atomic E-state index is 0.104. The summed E-state index contributed by atoms with van der Waals surface area (Å²) in [5, 5.41) is 20.8. The number of rotatable bonds is 6. The van der Waals surface area contributed by atoms with E-state index >= 15 is 0 Å². The summed E-state index contributed by atoms with van der Waals surface area (Å²) in [6.07, 6.45) is 2.83. The average molecular weight is 281 g/mol. The summed E-state index contributed by atoms with van der Waals surface area (Å²) < 4.78 is 0. The molecule has 0 atom stereocenters. The summed E-state index contributed by atoms with van der Waals surface area (Å²) in [5.74, 6) is 0. The molecule has 3 aromatic rings. The molecular weight excluding hydrogens is 262 g/mol. The van der Waals surface area contributed by atoms with Gasteiger partial charge < -0.3 is 10.4 Å². The van der Waals surface area contributed by atoms with Crippen LogP contribution in [0.3, 0.4) is 0 Å². The molecule has 0 bridgehead atoms. The number of nitrogens with one attached hydrogen (secondary N) is 2. The van der Waals surface area contributed by atoms with Crippen LogP contribution in [0, 0.1) is 0 Å². The zero-order valence-corrected chi connectivity index (χ0v) is 11.8. The van der Waals surface area contributed by atoms with Crippen LogP contribution in [0.1, 0.15) is 16.7 Å². The maximum atomic E-state index is 9.02. The lowest BCUT2D eigenvalue weighted by Crippen LogP contribution is -2.16. The SMILES string of the molecule is OCc1ccc(CCNCc2cccc3cn[nH]c23)cc1. The van der Waals surface area contributed by atoms with Crippen molar-refractivity contribution >= 4 is 10.9 Å². The van der Waals surface area contributed by atoms with Gasteiger partial charge in [0.1, 0.15) is 0 Å². The molecule has 0 radical (unpaired) electrons. The largest absolute Gasteiger partial charge is 0.392 e. The van der Waals surface area contributed by atoms with Gasteiger partial charge in [0.2, 0.25) is 0 Å². The van der Waals surface area contributed by atoms with E-state index in [1.165, 1.54) is 11.1 Å². The van der Waals surface area contributed by atoms with E-state index in [0.717, 1.165) is 36.0 Å². The van der Waals surface area contributed by atoms with Crippen molar-refractivity contribution in [3.05, 3.63) is 65.4 Å². The fourth-order valence-electron chi connectivity index (χ4n) is 2.44. The van der Waals surface area contributed by atoms with Crippen molar-refractivity contribution in [2.45, 2.75) is 19.6 Å². The number of nitrogens with zero attached hydrogens (tertiary/aromatic N) is 1. The molecule has 0 aliphatic rings. The van der Waals surface area contributed by atoms with Crippen LogP contribution in [-0.4, -0.2) is 21.8 Å². The van der Waals surface area contributed by atoms with Crippen molar-refractivity contribution in [2.75, 3.05) is 6.54 Å². The van der Waals surface area contributed by atoms with Crippen LogP contribution in [0.15, 0.2) is 48.7 Å². The Balaban J connectivity index is 1.53. The number of para-hydroxylation sites is 1. The highest BCUT2D eigenvalue weighted by Gasteiger charge is 2.02. The van der Waals surface area contributed by atoms with Crippen molar-refractivity contribution in [3.63, 3.8) is 0 Å². The van der Waals surface area contributed by atoms with Gasteiger partial charge in [-0.2, -0.15) is 5.10 Å². The summed E-state index contributed by atoms with van der Waals surface area (Å²) in [6.45, 7) is 1.85. The van der Waals surface area contributed by atoms with Crippen molar-refractivity contribution < 1.29 is 5.11 Å². The molecular formula is C17H19N3O. The third-order valence-corrected chi connectivity index (χ3v) is 3.67. The van der Waals surface area contributed by atoms with Gasteiger partial charge in [-0.25, -0.2) is 0 Å². The van der Waals surface area contributed by atoms with E-state index in [1.807, 2.05) is 18.3 Å². The summed E-state index contributed by atoms with van der Waals surface area (Å²) in [5.41, 5.74) is 4.58. The van der Waals surface area contributed by atoms with Gasteiger partial charge in [0.05, 0.1) is 18.3 Å². The van der Waals surface area contributed by atoms with Gasteiger partial charge >= 0.3 is 0 Å². The third-order valence-electron chi connectivity index (χ3n) is 3.67. The Morgan fingerprint density at radius 1 is 1.05 bits per heavy atom. The van der Waals surface area contributed by atoms with Gasteiger partial charge in [-0.1, -0.05) is 42.5 Å². The van der Waals surface area contributed by atoms with Crippen molar-refractivity contribution in [1.29, 1.82) is 0 Å². The molecule has 3 N–H and O–H groups in total. The molecule has 0 amide bonds. The fraction of sp³-hybridized carbons (Fsp3) is 0.235. The van der Waals surface area contributed by atoms with Crippen LogP contribution in [-0.2, 0) is 19.6 Å². The minimum Gasteiger partial charge on any atom is -0.392 e. The van der Waals surface area contributed by atoms with Crippen LogP contribution in [0.2, 0.25) is 0 Å². The molecule has 21 heavy (non-hydrogen) atoms. The molecule has 2 aromatic carbocycles. The standard InChI is InChI=1S/C17H19N3O/c21-12-14-6-4-13(5-7-14)8-9-18-10-15-2-1-3-16-11-19-20-17(15)16/h1-7,11,18,21H,8-10,12H2,(H,19,20). The van der Waals surface area contributed by atoms with Crippen molar-refractivity contribution in [2.24, 2.45) is 0 Å². The number of aliphatic hydroxyl groups is 1. The minimum absolute atomic E-state index is 0.104. The highest BCUT2D eigenvalue weighted by atomic mass is 16.3. The Bertz CT molecular complexity index is 703. The topological polar surface area (TPSA) is 60.9 Å². The number of benzene rings is 2. The third kappa shape index (κ3) is 3.29. The zero-order chi connectivity index (χ0) is 14.5. The van der Waals surface area contributed by atoms with Gasteiger partial charge in [-0.15, -0.1) is 0 Å². The normalized spacial score (nSPS) is 11.1. The van der Waals surface area contributed by atoms with Gasteiger partial charge in [0.15, 0.2) is 0 Å². The number of hydrogen-bond donors (Lipinski definition) is 3. The molecule has 0 unspecified atom stereocenters. The Hall–Kier alpha value is -2.17. The van der Waals surface area contributed by atoms with Crippen molar-refractivity contribution in [3.8, 4) is 0 Å². The maximum absolute atomic E-state index is 9.02. The van der Waals surface area contributed by atoms with E-state index in [4.69, 9.17) is 5.11 Å². The molecule has 0 aliphatic heterocycles. The molecule has 0 saturated carbocycles. The second kappa shape index (κ2) is 6.52.